The first-order valence-corrected chi connectivity index (χ1v) is 4.90. The summed E-state index contributed by atoms with van der Waals surface area (Å²) in [5, 5.41) is 0. The van der Waals surface area contributed by atoms with Gasteiger partial charge < -0.3 is 9.47 Å². The molecule has 0 radical (unpaired) electrons. The molecule has 0 aromatic carbocycles. The van der Waals surface area contributed by atoms with Gasteiger partial charge in [0.25, 0.3) is 0 Å². The monoisotopic (exact) mass is 216 g/mol. The number of carbonyl (C=O) groups excluding carboxylic acids is 1. The van der Waals surface area contributed by atoms with Crippen LogP contribution in [0.15, 0.2) is 12.7 Å². The van der Waals surface area contributed by atoms with Crippen LogP contribution in [0, 0.1) is 0 Å². The highest BCUT2D eigenvalue weighted by atomic mass is 17.2. The zero-order valence-electron chi connectivity index (χ0n) is 8.86. The zero-order valence-corrected chi connectivity index (χ0v) is 8.86. The maximum absolute atomic E-state index is 10.6. The molecule has 0 aliphatic carbocycles. The van der Waals surface area contributed by atoms with E-state index >= 15 is 0 Å². The van der Waals surface area contributed by atoms with Gasteiger partial charge in [-0.3, -0.25) is 0 Å². The SMILES string of the molecule is C=CC(=O)OCCOOC1(C)CCCO1. The van der Waals surface area contributed by atoms with Crippen LogP contribution in [0.25, 0.3) is 0 Å². The molecule has 1 saturated heterocycles. The highest BCUT2D eigenvalue weighted by Crippen LogP contribution is 2.26. The van der Waals surface area contributed by atoms with Crippen LogP contribution in [-0.4, -0.2) is 31.6 Å². The van der Waals surface area contributed by atoms with Crippen molar-refractivity contribution in [2.24, 2.45) is 0 Å². The smallest absolute Gasteiger partial charge is 0.330 e. The van der Waals surface area contributed by atoms with Gasteiger partial charge in [0, 0.05) is 12.5 Å². The van der Waals surface area contributed by atoms with E-state index in [1.54, 1.807) is 0 Å². The molecule has 15 heavy (non-hydrogen) atoms. The summed E-state index contributed by atoms with van der Waals surface area (Å²) in [5.41, 5.74) is 0. The summed E-state index contributed by atoms with van der Waals surface area (Å²) in [4.78, 5) is 20.6. The van der Waals surface area contributed by atoms with E-state index in [2.05, 4.69) is 11.3 Å². The van der Waals surface area contributed by atoms with E-state index in [0.29, 0.717) is 6.61 Å². The van der Waals surface area contributed by atoms with Crippen molar-refractivity contribution in [1.29, 1.82) is 0 Å². The van der Waals surface area contributed by atoms with E-state index < -0.39 is 11.8 Å². The van der Waals surface area contributed by atoms with Crippen molar-refractivity contribution in [2.75, 3.05) is 19.8 Å². The summed E-state index contributed by atoms with van der Waals surface area (Å²) in [6.45, 7) is 6.09. The lowest BCUT2D eigenvalue weighted by atomic mass is 10.2. The van der Waals surface area contributed by atoms with Gasteiger partial charge in [-0.2, -0.15) is 0 Å². The van der Waals surface area contributed by atoms with Crippen LogP contribution in [0.2, 0.25) is 0 Å². The maximum atomic E-state index is 10.6. The van der Waals surface area contributed by atoms with Gasteiger partial charge in [-0.25, -0.2) is 14.6 Å². The van der Waals surface area contributed by atoms with Crippen molar-refractivity contribution in [3.63, 3.8) is 0 Å². The van der Waals surface area contributed by atoms with Crippen molar-refractivity contribution in [3.05, 3.63) is 12.7 Å². The average molecular weight is 216 g/mol. The van der Waals surface area contributed by atoms with Gasteiger partial charge in [-0.05, 0) is 13.3 Å². The van der Waals surface area contributed by atoms with Crippen LogP contribution in [0.5, 0.6) is 0 Å². The number of ether oxygens (including phenoxy) is 2. The molecule has 0 N–H and O–H groups in total. The maximum Gasteiger partial charge on any atom is 0.330 e. The highest BCUT2D eigenvalue weighted by molar-refractivity contribution is 5.81. The summed E-state index contributed by atoms with van der Waals surface area (Å²) < 4.78 is 10.0. The predicted octanol–water partition coefficient (Wildman–Crippen LogP) is 1.19. The Hall–Kier alpha value is -0.910. The quantitative estimate of drug-likeness (QED) is 0.219. The van der Waals surface area contributed by atoms with Crippen molar-refractivity contribution in [2.45, 2.75) is 25.6 Å². The molecule has 5 heteroatoms. The number of rotatable bonds is 6. The van der Waals surface area contributed by atoms with Crippen molar-refractivity contribution in [3.8, 4) is 0 Å². The van der Waals surface area contributed by atoms with Gasteiger partial charge >= 0.3 is 5.97 Å². The van der Waals surface area contributed by atoms with E-state index in [1.807, 2.05) is 6.92 Å². The summed E-state index contributed by atoms with van der Waals surface area (Å²) in [6.07, 6.45) is 2.87. The third-order valence-electron chi connectivity index (χ3n) is 2.00. The largest absolute Gasteiger partial charge is 0.460 e. The molecule has 1 aliphatic heterocycles. The highest BCUT2D eigenvalue weighted by Gasteiger charge is 2.32. The molecule has 1 fully saturated rings. The molecule has 86 valence electrons. The minimum atomic E-state index is -0.650. The fourth-order valence-electron chi connectivity index (χ4n) is 1.22. The molecular formula is C10H16O5. The minimum absolute atomic E-state index is 0.140. The van der Waals surface area contributed by atoms with E-state index in [9.17, 15) is 4.79 Å². The van der Waals surface area contributed by atoms with E-state index in [4.69, 9.17) is 14.5 Å². The van der Waals surface area contributed by atoms with Crippen molar-refractivity contribution in [1.82, 2.24) is 0 Å². The van der Waals surface area contributed by atoms with Crippen LogP contribution in [-0.2, 0) is 24.0 Å². The molecule has 0 bridgehead atoms. The van der Waals surface area contributed by atoms with Crippen LogP contribution < -0.4 is 0 Å². The normalized spacial score (nSPS) is 25.1. The molecule has 5 nitrogen and oxygen atoms in total. The van der Waals surface area contributed by atoms with Gasteiger partial charge in [-0.1, -0.05) is 6.58 Å². The van der Waals surface area contributed by atoms with Gasteiger partial charge in [0.1, 0.15) is 13.2 Å². The van der Waals surface area contributed by atoms with E-state index in [1.165, 1.54) is 0 Å². The Balaban J connectivity index is 2.01. The van der Waals surface area contributed by atoms with Gasteiger partial charge in [-0.15, -0.1) is 0 Å². The first kappa shape index (κ1) is 12.2. The van der Waals surface area contributed by atoms with Gasteiger partial charge in [0.15, 0.2) is 5.79 Å². The van der Waals surface area contributed by atoms with Crippen molar-refractivity contribution >= 4 is 5.97 Å². The van der Waals surface area contributed by atoms with Crippen LogP contribution in [0.3, 0.4) is 0 Å². The second-order valence-corrected chi connectivity index (χ2v) is 3.36. The molecule has 0 saturated carbocycles. The lowest BCUT2D eigenvalue weighted by molar-refractivity contribution is -0.414. The third kappa shape index (κ3) is 4.42. The fourth-order valence-corrected chi connectivity index (χ4v) is 1.22. The van der Waals surface area contributed by atoms with Crippen LogP contribution >= 0.6 is 0 Å². The Morgan fingerprint density at radius 1 is 1.60 bits per heavy atom. The first-order valence-electron chi connectivity index (χ1n) is 4.90. The number of esters is 1. The lowest BCUT2D eigenvalue weighted by Gasteiger charge is -2.21. The molecule has 0 aromatic rings. The Morgan fingerprint density at radius 3 is 3.00 bits per heavy atom. The van der Waals surface area contributed by atoms with Gasteiger partial charge in [0.2, 0.25) is 0 Å². The summed E-state index contributed by atoms with van der Waals surface area (Å²) in [5.74, 6) is -1.12. The minimum Gasteiger partial charge on any atom is -0.460 e. The summed E-state index contributed by atoms with van der Waals surface area (Å²) >= 11 is 0. The second kappa shape index (κ2) is 5.85. The molecule has 0 spiro atoms. The van der Waals surface area contributed by atoms with Crippen molar-refractivity contribution < 1.29 is 24.0 Å². The third-order valence-corrected chi connectivity index (χ3v) is 2.00. The number of carbonyl (C=O) groups is 1. The Labute approximate surface area is 88.9 Å². The molecular weight excluding hydrogens is 200 g/mol. The summed E-state index contributed by atoms with van der Waals surface area (Å²) in [6, 6.07) is 0. The topological polar surface area (TPSA) is 54.0 Å². The fraction of sp³-hybridized carbons (Fsp3) is 0.700. The Morgan fingerprint density at radius 2 is 2.40 bits per heavy atom. The molecule has 1 aliphatic rings. The predicted molar refractivity (Wildman–Crippen MR) is 51.8 cm³/mol. The van der Waals surface area contributed by atoms with E-state index in [0.717, 1.165) is 18.9 Å². The molecule has 0 aromatic heterocycles. The Kier molecular flexibility index (Phi) is 4.74. The zero-order chi connectivity index (χ0) is 11.1. The molecule has 1 unspecified atom stereocenters. The molecule has 1 atom stereocenters. The summed E-state index contributed by atoms with van der Waals surface area (Å²) in [7, 11) is 0. The molecule has 1 heterocycles. The lowest BCUT2D eigenvalue weighted by Crippen LogP contribution is -2.28. The van der Waals surface area contributed by atoms with E-state index in [-0.39, 0.29) is 13.2 Å². The standard InChI is InChI=1S/C10H16O5/c1-3-9(11)12-7-8-14-15-10(2)5-4-6-13-10/h3H,1,4-8H2,2H3. The van der Waals surface area contributed by atoms with Crippen LogP contribution in [0.4, 0.5) is 0 Å². The second-order valence-electron chi connectivity index (χ2n) is 3.36. The Bertz CT molecular complexity index is 220. The average Bonchev–Trinajstić information content (AvgIpc) is 2.64. The number of hydrogen-bond donors (Lipinski definition) is 0. The molecule has 1 rings (SSSR count). The van der Waals surface area contributed by atoms with Crippen LogP contribution in [0.1, 0.15) is 19.8 Å². The first-order chi connectivity index (χ1) is 7.16. The number of hydrogen-bond acceptors (Lipinski definition) is 5. The van der Waals surface area contributed by atoms with Gasteiger partial charge in [0.05, 0.1) is 6.61 Å². The molecule has 0 amide bonds.